The van der Waals surface area contributed by atoms with Crippen LogP contribution in [-0.4, -0.2) is 34.1 Å². The average molecular weight is 616 g/mol. The molecule has 7 heteroatoms. The van der Waals surface area contributed by atoms with Gasteiger partial charge in [-0.1, -0.05) is 109 Å². The van der Waals surface area contributed by atoms with Crippen molar-refractivity contribution in [2.24, 2.45) is 0 Å². The largest absolute Gasteiger partial charge is 0.307 e. The minimum Gasteiger partial charge on any atom is -0.307 e. The molecular formula is C41H25N7. The number of nitrogens with zero attached hydrogens (tertiary/aromatic N) is 7. The SMILES string of the molecule is c1ccc(-c2nc(-c3ccccc3)nc(-n3c4ccccc4c4ccc5c6cc7ncncc7cc6n(-c6ccccc6)c5c43)n2)cc1. The minimum atomic E-state index is 0.558. The van der Waals surface area contributed by atoms with Crippen molar-refractivity contribution < 1.29 is 0 Å². The van der Waals surface area contributed by atoms with Crippen molar-refractivity contribution in [3.63, 3.8) is 0 Å². The highest BCUT2D eigenvalue weighted by molar-refractivity contribution is 6.24. The summed E-state index contributed by atoms with van der Waals surface area (Å²) in [5.41, 5.74) is 8.00. The Morgan fingerprint density at radius 3 is 1.77 bits per heavy atom. The third-order valence-electron chi connectivity index (χ3n) is 9.09. The van der Waals surface area contributed by atoms with Gasteiger partial charge in [-0.2, -0.15) is 9.97 Å². The molecule has 10 aromatic rings. The Kier molecular flexibility index (Phi) is 5.74. The third-order valence-corrected chi connectivity index (χ3v) is 9.09. The highest BCUT2D eigenvalue weighted by atomic mass is 15.2. The van der Waals surface area contributed by atoms with Crippen LogP contribution in [0.4, 0.5) is 0 Å². The molecule has 6 aromatic carbocycles. The van der Waals surface area contributed by atoms with Crippen molar-refractivity contribution in [2.45, 2.75) is 0 Å². The van der Waals surface area contributed by atoms with Gasteiger partial charge in [0.1, 0.15) is 6.33 Å². The van der Waals surface area contributed by atoms with E-state index in [1.807, 2.05) is 72.9 Å². The van der Waals surface area contributed by atoms with Gasteiger partial charge in [0.05, 0.1) is 27.6 Å². The Bertz CT molecular complexity index is 2760. The maximum atomic E-state index is 5.19. The van der Waals surface area contributed by atoms with Gasteiger partial charge in [-0.15, -0.1) is 0 Å². The molecule has 0 N–H and O–H groups in total. The van der Waals surface area contributed by atoms with Crippen LogP contribution in [0.5, 0.6) is 0 Å². The molecule has 0 amide bonds. The molecule has 48 heavy (non-hydrogen) atoms. The van der Waals surface area contributed by atoms with Crippen LogP contribution < -0.4 is 0 Å². The molecule has 224 valence electrons. The van der Waals surface area contributed by atoms with Gasteiger partial charge in [0.25, 0.3) is 0 Å². The summed E-state index contributed by atoms with van der Waals surface area (Å²) in [7, 11) is 0. The lowest BCUT2D eigenvalue weighted by atomic mass is 10.1. The van der Waals surface area contributed by atoms with Crippen molar-refractivity contribution in [3.05, 3.63) is 152 Å². The topological polar surface area (TPSA) is 74.3 Å². The summed E-state index contributed by atoms with van der Waals surface area (Å²) in [5.74, 6) is 1.79. The maximum Gasteiger partial charge on any atom is 0.238 e. The summed E-state index contributed by atoms with van der Waals surface area (Å²) in [6, 6.07) is 48.1. The van der Waals surface area contributed by atoms with E-state index in [1.165, 1.54) is 0 Å². The number of fused-ring (bicyclic) bond motifs is 8. The van der Waals surface area contributed by atoms with Crippen LogP contribution in [-0.2, 0) is 0 Å². The highest BCUT2D eigenvalue weighted by Gasteiger charge is 2.23. The first-order valence-electron chi connectivity index (χ1n) is 15.8. The first-order chi connectivity index (χ1) is 23.8. The highest BCUT2D eigenvalue weighted by Crippen LogP contribution is 2.42. The van der Waals surface area contributed by atoms with E-state index in [4.69, 9.17) is 15.0 Å². The molecular weight excluding hydrogens is 591 g/mol. The van der Waals surface area contributed by atoms with Crippen molar-refractivity contribution in [1.29, 1.82) is 0 Å². The van der Waals surface area contributed by atoms with Crippen molar-refractivity contribution in [3.8, 4) is 34.4 Å². The molecule has 0 radical (unpaired) electrons. The van der Waals surface area contributed by atoms with Crippen LogP contribution in [0.15, 0.2) is 152 Å². The smallest absolute Gasteiger partial charge is 0.238 e. The van der Waals surface area contributed by atoms with Crippen LogP contribution in [0.3, 0.4) is 0 Å². The molecule has 10 rings (SSSR count). The van der Waals surface area contributed by atoms with Gasteiger partial charge in [-0.3, -0.25) is 4.57 Å². The predicted octanol–water partition coefficient (Wildman–Crippen LogP) is 9.34. The monoisotopic (exact) mass is 615 g/mol. The van der Waals surface area contributed by atoms with Gasteiger partial charge >= 0.3 is 0 Å². The van der Waals surface area contributed by atoms with Crippen LogP contribution >= 0.6 is 0 Å². The summed E-state index contributed by atoms with van der Waals surface area (Å²) in [4.78, 5) is 24.3. The molecule has 0 spiro atoms. The van der Waals surface area contributed by atoms with Crippen LogP contribution in [0.2, 0.25) is 0 Å². The van der Waals surface area contributed by atoms with E-state index in [-0.39, 0.29) is 0 Å². The van der Waals surface area contributed by atoms with Crippen LogP contribution in [0, 0.1) is 0 Å². The number of benzene rings is 6. The van der Waals surface area contributed by atoms with Gasteiger partial charge in [0.2, 0.25) is 5.95 Å². The van der Waals surface area contributed by atoms with E-state index in [2.05, 4.69) is 91.9 Å². The Balaban J connectivity index is 1.41. The van der Waals surface area contributed by atoms with Gasteiger partial charge in [-0.25, -0.2) is 15.0 Å². The Morgan fingerprint density at radius 1 is 0.458 bits per heavy atom. The summed E-state index contributed by atoms with van der Waals surface area (Å²) >= 11 is 0. The molecule has 0 fully saturated rings. The van der Waals surface area contributed by atoms with E-state index < -0.39 is 0 Å². The standard InChI is InChI=1S/C41H25N7/c1-4-12-26(13-5-1)39-44-40(27-14-6-2-7-15-27)46-41(45-39)48-35-19-11-10-18-30(35)31-20-21-32-33-23-34-28(24-42-25-43-34)22-36(33)47(37(32)38(31)48)29-16-8-3-9-17-29/h1-25H. The van der Waals surface area contributed by atoms with E-state index >= 15 is 0 Å². The van der Waals surface area contributed by atoms with E-state index in [1.54, 1.807) is 6.33 Å². The molecule has 4 heterocycles. The normalized spacial score (nSPS) is 11.8. The molecule has 0 aliphatic carbocycles. The molecule has 4 aromatic heterocycles. The van der Waals surface area contributed by atoms with E-state index in [0.717, 1.165) is 71.3 Å². The average Bonchev–Trinajstić information content (AvgIpc) is 3.67. The second kappa shape index (κ2) is 10.4. The number of hydrogen-bond donors (Lipinski definition) is 0. The lowest BCUT2D eigenvalue weighted by Crippen LogP contribution is -2.07. The van der Waals surface area contributed by atoms with Gasteiger partial charge < -0.3 is 4.57 Å². The van der Waals surface area contributed by atoms with Crippen molar-refractivity contribution in [1.82, 2.24) is 34.1 Å². The number of rotatable bonds is 4. The first-order valence-corrected chi connectivity index (χ1v) is 15.8. The fourth-order valence-corrected chi connectivity index (χ4v) is 6.97. The third kappa shape index (κ3) is 3.98. The zero-order valence-corrected chi connectivity index (χ0v) is 25.6. The molecule has 0 unspecified atom stereocenters. The number of para-hydroxylation sites is 2. The van der Waals surface area contributed by atoms with E-state index in [0.29, 0.717) is 17.6 Å². The molecule has 0 atom stereocenters. The maximum absolute atomic E-state index is 5.19. The van der Waals surface area contributed by atoms with Gasteiger partial charge in [0, 0.05) is 49.9 Å². The second-order valence-electron chi connectivity index (χ2n) is 11.8. The summed E-state index contributed by atoms with van der Waals surface area (Å²) in [5, 5.41) is 5.46. The summed E-state index contributed by atoms with van der Waals surface area (Å²) < 4.78 is 4.57. The Labute approximate surface area is 274 Å². The van der Waals surface area contributed by atoms with Crippen LogP contribution in [0.25, 0.3) is 88.9 Å². The lowest BCUT2D eigenvalue weighted by Gasteiger charge is -2.13. The van der Waals surface area contributed by atoms with Crippen molar-refractivity contribution >= 4 is 54.5 Å². The summed E-state index contributed by atoms with van der Waals surface area (Å²) in [6.45, 7) is 0. The molecule has 0 aliphatic heterocycles. The molecule has 0 bridgehead atoms. The van der Waals surface area contributed by atoms with Gasteiger partial charge in [-0.05, 0) is 30.3 Å². The zero-order valence-electron chi connectivity index (χ0n) is 25.6. The summed E-state index contributed by atoms with van der Waals surface area (Å²) in [6.07, 6.45) is 3.48. The minimum absolute atomic E-state index is 0.558. The zero-order chi connectivity index (χ0) is 31.6. The predicted molar refractivity (Wildman–Crippen MR) is 192 cm³/mol. The fourth-order valence-electron chi connectivity index (χ4n) is 6.97. The number of hydrogen-bond acceptors (Lipinski definition) is 5. The Morgan fingerprint density at radius 2 is 1.06 bits per heavy atom. The number of aromatic nitrogens is 7. The fraction of sp³-hybridized carbons (Fsp3) is 0. The van der Waals surface area contributed by atoms with Crippen molar-refractivity contribution in [2.75, 3.05) is 0 Å². The Hall–Kier alpha value is -6.73. The molecule has 0 saturated carbocycles. The quantitative estimate of drug-likeness (QED) is 0.197. The van der Waals surface area contributed by atoms with Gasteiger partial charge in [0.15, 0.2) is 11.6 Å². The van der Waals surface area contributed by atoms with E-state index in [9.17, 15) is 0 Å². The molecule has 7 nitrogen and oxygen atoms in total. The molecule has 0 aliphatic rings. The first kappa shape index (κ1) is 26.5. The lowest BCUT2D eigenvalue weighted by molar-refractivity contribution is 0.953. The second-order valence-corrected chi connectivity index (χ2v) is 11.8. The van der Waals surface area contributed by atoms with Crippen LogP contribution in [0.1, 0.15) is 0 Å². The molecule has 0 saturated heterocycles.